The van der Waals surface area contributed by atoms with E-state index in [1.54, 1.807) is 6.08 Å². The van der Waals surface area contributed by atoms with Crippen molar-refractivity contribution < 1.29 is 24.0 Å². The minimum atomic E-state index is -0.856. The predicted molar refractivity (Wildman–Crippen MR) is 76.9 cm³/mol. The number of allylic oxidation sites excluding steroid dienone is 1. The van der Waals surface area contributed by atoms with Crippen molar-refractivity contribution in [3.63, 3.8) is 0 Å². The van der Waals surface area contributed by atoms with E-state index in [-0.39, 0.29) is 18.7 Å². The Kier molecular flexibility index (Phi) is 6.93. The predicted octanol–water partition coefficient (Wildman–Crippen LogP) is 0.408. The first-order valence-corrected chi connectivity index (χ1v) is 7.61. The minimum absolute atomic E-state index is 0.0241. The number of imide groups is 1. The standard InChI is InChI=1S/C13H18N2O5S/c1-3-5-6-10(16)14-8-12(18)20-15-11(17)7-9(13(15)19)21-4-2/h3,9H,1,4-8H2,2H3,(H,14,16). The lowest BCUT2D eigenvalue weighted by Crippen LogP contribution is -2.38. The normalized spacial score (nSPS) is 17.8. The van der Waals surface area contributed by atoms with Crippen molar-refractivity contribution >= 4 is 35.5 Å². The summed E-state index contributed by atoms with van der Waals surface area (Å²) in [6.45, 7) is 4.96. The Hall–Kier alpha value is -1.83. The monoisotopic (exact) mass is 314 g/mol. The second kappa shape index (κ2) is 8.46. The summed E-state index contributed by atoms with van der Waals surface area (Å²) in [6, 6.07) is 0. The van der Waals surface area contributed by atoms with E-state index < -0.39 is 29.6 Å². The van der Waals surface area contributed by atoms with Gasteiger partial charge in [0.25, 0.3) is 11.8 Å². The second-order valence-corrected chi connectivity index (χ2v) is 5.72. The van der Waals surface area contributed by atoms with Crippen molar-refractivity contribution in [1.82, 2.24) is 10.4 Å². The molecule has 116 valence electrons. The van der Waals surface area contributed by atoms with Crippen molar-refractivity contribution in [3.8, 4) is 0 Å². The smallest absolute Gasteiger partial charge is 0.345 e. The molecule has 0 aromatic rings. The molecule has 1 atom stereocenters. The molecule has 0 aromatic heterocycles. The van der Waals surface area contributed by atoms with Crippen LogP contribution in [0, 0.1) is 0 Å². The molecule has 1 N–H and O–H groups in total. The third-order valence-corrected chi connectivity index (χ3v) is 3.73. The first kappa shape index (κ1) is 17.2. The maximum absolute atomic E-state index is 11.8. The third-order valence-electron chi connectivity index (χ3n) is 2.63. The number of nitrogens with one attached hydrogen (secondary N) is 1. The number of hydrogen-bond donors (Lipinski definition) is 1. The lowest BCUT2D eigenvalue weighted by molar-refractivity contribution is -0.196. The molecule has 0 aromatic carbocycles. The van der Waals surface area contributed by atoms with Crippen LogP contribution in [0.5, 0.6) is 0 Å². The number of rotatable bonds is 8. The highest BCUT2D eigenvalue weighted by Gasteiger charge is 2.41. The number of hydrogen-bond acceptors (Lipinski definition) is 6. The van der Waals surface area contributed by atoms with E-state index in [4.69, 9.17) is 4.84 Å². The van der Waals surface area contributed by atoms with Gasteiger partial charge in [-0.15, -0.1) is 23.4 Å². The van der Waals surface area contributed by atoms with Crippen LogP contribution in [0.3, 0.4) is 0 Å². The molecule has 1 aliphatic heterocycles. The molecule has 7 nitrogen and oxygen atoms in total. The van der Waals surface area contributed by atoms with Crippen molar-refractivity contribution in [1.29, 1.82) is 0 Å². The first-order valence-electron chi connectivity index (χ1n) is 6.56. The Morgan fingerprint density at radius 1 is 1.52 bits per heavy atom. The number of hydroxylamine groups is 2. The molecular weight excluding hydrogens is 296 g/mol. The van der Waals surface area contributed by atoms with Crippen LogP contribution in [-0.2, 0) is 24.0 Å². The number of carbonyl (C=O) groups excluding carboxylic acids is 4. The molecule has 0 saturated carbocycles. The van der Waals surface area contributed by atoms with Crippen LogP contribution in [0.15, 0.2) is 12.7 Å². The average molecular weight is 314 g/mol. The summed E-state index contributed by atoms with van der Waals surface area (Å²) < 4.78 is 0. The van der Waals surface area contributed by atoms with Gasteiger partial charge in [-0.25, -0.2) is 4.79 Å². The summed E-state index contributed by atoms with van der Waals surface area (Å²) in [5, 5.41) is 2.33. The zero-order chi connectivity index (χ0) is 15.8. The number of thioether (sulfide) groups is 1. The molecule has 1 unspecified atom stereocenters. The first-order chi connectivity index (χ1) is 9.99. The van der Waals surface area contributed by atoms with Crippen LogP contribution in [0.2, 0.25) is 0 Å². The second-order valence-electron chi connectivity index (χ2n) is 4.24. The van der Waals surface area contributed by atoms with Gasteiger partial charge in [-0.1, -0.05) is 13.0 Å². The van der Waals surface area contributed by atoms with Gasteiger partial charge in [0.2, 0.25) is 5.91 Å². The van der Waals surface area contributed by atoms with Crippen LogP contribution in [0.1, 0.15) is 26.2 Å². The fourth-order valence-corrected chi connectivity index (χ4v) is 2.54. The fraction of sp³-hybridized carbons (Fsp3) is 0.538. The Bertz CT molecular complexity index is 452. The van der Waals surface area contributed by atoms with Gasteiger partial charge in [0.05, 0.1) is 11.7 Å². The summed E-state index contributed by atoms with van der Waals surface area (Å²) >= 11 is 1.33. The largest absolute Gasteiger partial charge is 0.352 e. The van der Waals surface area contributed by atoms with E-state index in [0.29, 0.717) is 17.2 Å². The van der Waals surface area contributed by atoms with Gasteiger partial charge in [-0.2, -0.15) is 0 Å². The summed E-state index contributed by atoms with van der Waals surface area (Å²) in [4.78, 5) is 51.0. The third kappa shape index (κ3) is 5.22. The molecule has 1 aliphatic rings. The molecular formula is C13H18N2O5S. The van der Waals surface area contributed by atoms with Crippen molar-refractivity contribution in [3.05, 3.63) is 12.7 Å². The van der Waals surface area contributed by atoms with Gasteiger partial charge in [-0.05, 0) is 12.2 Å². The highest BCUT2D eigenvalue weighted by Crippen LogP contribution is 2.24. The molecule has 0 spiro atoms. The zero-order valence-corrected chi connectivity index (χ0v) is 12.6. The minimum Gasteiger partial charge on any atom is -0.345 e. The van der Waals surface area contributed by atoms with Gasteiger partial charge in [0.1, 0.15) is 6.54 Å². The molecule has 1 fully saturated rings. The molecule has 21 heavy (non-hydrogen) atoms. The molecule has 0 radical (unpaired) electrons. The molecule has 0 aliphatic carbocycles. The number of nitrogens with zero attached hydrogens (tertiary/aromatic N) is 1. The van der Waals surface area contributed by atoms with Gasteiger partial charge in [0, 0.05) is 6.42 Å². The SMILES string of the molecule is C=CCCC(=O)NCC(=O)ON1C(=O)CC(SCC)C1=O. The Labute approximate surface area is 127 Å². The average Bonchev–Trinajstić information content (AvgIpc) is 2.71. The highest BCUT2D eigenvalue weighted by molar-refractivity contribution is 8.00. The Morgan fingerprint density at radius 2 is 2.24 bits per heavy atom. The molecule has 3 amide bonds. The van der Waals surface area contributed by atoms with Gasteiger partial charge < -0.3 is 10.2 Å². The van der Waals surface area contributed by atoms with Crippen LogP contribution in [-0.4, -0.2) is 46.3 Å². The van der Waals surface area contributed by atoms with Crippen molar-refractivity contribution in [2.24, 2.45) is 0 Å². The molecule has 1 rings (SSSR count). The van der Waals surface area contributed by atoms with E-state index in [0.717, 1.165) is 0 Å². The van der Waals surface area contributed by atoms with Crippen molar-refractivity contribution in [2.75, 3.05) is 12.3 Å². The molecule has 1 saturated heterocycles. The van der Waals surface area contributed by atoms with Crippen LogP contribution < -0.4 is 5.32 Å². The molecule has 1 heterocycles. The van der Waals surface area contributed by atoms with Crippen LogP contribution in [0.4, 0.5) is 0 Å². The van der Waals surface area contributed by atoms with E-state index in [9.17, 15) is 19.2 Å². The van der Waals surface area contributed by atoms with Crippen LogP contribution in [0.25, 0.3) is 0 Å². The topological polar surface area (TPSA) is 92.8 Å². The summed E-state index contributed by atoms with van der Waals surface area (Å²) in [7, 11) is 0. The van der Waals surface area contributed by atoms with Crippen LogP contribution >= 0.6 is 11.8 Å². The lowest BCUT2D eigenvalue weighted by Gasteiger charge is -2.13. The summed E-state index contributed by atoms with van der Waals surface area (Å²) in [5.41, 5.74) is 0. The number of amides is 3. The van der Waals surface area contributed by atoms with E-state index in [1.807, 2.05) is 6.92 Å². The zero-order valence-electron chi connectivity index (χ0n) is 11.8. The number of carbonyl (C=O) groups is 4. The lowest BCUT2D eigenvalue weighted by atomic mass is 10.3. The van der Waals surface area contributed by atoms with E-state index in [2.05, 4.69) is 11.9 Å². The fourth-order valence-electron chi connectivity index (χ4n) is 1.64. The van der Waals surface area contributed by atoms with Gasteiger partial charge in [0.15, 0.2) is 0 Å². The molecule has 0 bridgehead atoms. The van der Waals surface area contributed by atoms with Gasteiger partial charge >= 0.3 is 5.97 Å². The van der Waals surface area contributed by atoms with E-state index >= 15 is 0 Å². The Balaban J connectivity index is 2.40. The van der Waals surface area contributed by atoms with E-state index in [1.165, 1.54) is 11.8 Å². The molecule has 8 heteroatoms. The van der Waals surface area contributed by atoms with Gasteiger partial charge in [-0.3, -0.25) is 14.4 Å². The maximum Gasteiger partial charge on any atom is 0.352 e. The van der Waals surface area contributed by atoms with Crippen molar-refractivity contribution in [2.45, 2.75) is 31.4 Å². The summed E-state index contributed by atoms with van der Waals surface area (Å²) in [5.74, 6) is -1.57. The summed E-state index contributed by atoms with van der Waals surface area (Å²) in [6.07, 6.45) is 2.33. The highest BCUT2D eigenvalue weighted by atomic mass is 32.2. The Morgan fingerprint density at radius 3 is 2.86 bits per heavy atom. The maximum atomic E-state index is 11.8. The quantitative estimate of drug-likeness (QED) is 0.515.